The van der Waals surface area contributed by atoms with Gasteiger partial charge in [0.05, 0.1) is 0 Å². The Morgan fingerprint density at radius 2 is 2.32 bits per heavy atom. The molecule has 0 unspecified atom stereocenters. The van der Waals surface area contributed by atoms with Crippen molar-refractivity contribution in [2.24, 2.45) is 0 Å². The van der Waals surface area contributed by atoms with E-state index in [-0.39, 0.29) is 5.91 Å². The number of anilines is 1. The van der Waals surface area contributed by atoms with Crippen molar-refractivity contribution in [2.75, 3.05) is 12.3 Å². The third kappa shape index (κ3) is 3.34. The first-order chi connectivity index (χ1) is 9.20. The van der Waals surface area contributed by atoms with E-state index in [9.17, 15) is 4.79 Å². The number of imidazole rings is 1. The van der Waals surface area contributed by atoms with Crippen molar-refractivity contribution in [1.29, 1.82) is 0 Å². The Balaban J connectivity index is 2.12. The first kappa shape index (κ1) is 13.1. The molecule has 5 nitrogen and oxygen atoms in total. The number of nitrogens with two attached hydrogens (primary N) is 1. The minimum atomic E-state index is 0.0507. The van der Waals surface area contributed by atoms with Crippen LogP contribution in [0.2, 0.25) is 0 Å². The normalized spacial score (nSPS) is 10.4. The monoisotopic (exact) mass is 258 g/mol. The lowest BCUT2D eigenvalue weighted by Gasteiger charge is -2.08. The SMILES string of the molecule is CCNC(=O)CCn1ccnc1-c1cccc(N)c1. The lowest BCUT2D eigenvalue weighted by atomic mass is 10.2. The van der Waals surface area contributed by atoms with Crippen molar-refractivity contribution in [3.05, 3.63) is 36.7 Å². The van der Waals surface area contributed by atoms with Crippen LogP contribution in [0.3, 0.4) is 0 Å². The molecule has 0 saturated carbocycles. The smallest absolute Gasteiger partial charge is 0.221 e. The molecule has 1 aromatic heterocycles. The number of carbonyl (C=O) groups is 1. The van der Waals surface area contributed by atoms with Crippen LogP contribution in [0.25, 0.3) is 11.4 Å². The fourth-order valence-electron chi connectivity index (χ4n) is 1.94. The zero-order valence-corrected chi connectivity index (χ0v) is 11.0. The summed E-state index contributed by atoms with van der Waals surface area (Å²) < 4.78 is 1.96. The van der Waals surface area contributed by atoms with Gasteiger partial charge in [-0.15, -0.1) is 0 Å². The molecule has 19 heavy (non-hydrogen) atoms. The van der Waals surface area contributed by atoms with Crippen LogP contribution in [-0.4, -0.2) is 22.0 Å². The molecule has 0 saturated heterocycles. The predicted octanol–water partition coefficient (Wildman–Crippen LogP) is 1.66. The molecule has 0 aliphatic heterocycles. The van der Waals surface area contributed by atoms with Gasteiger partial charge in [-0.1, -0.05) is 12.1 Å². The molecule has 0 spiro atoms. The van der Waals surface area contributed by atoms with Gasteiger partial charge < -0.3 is 15.6 Å². The predicted molar refractivity (Wildman–Crippen MR) is 75.4 cm³/mol. The highest BCUT2D eigenvalue weighted by Gasteiger charge is 2.07. The molecule has 1 aromatic carbocycles. The van der Waals surface area contributed by atoms with E-state index in [4.69, 9.17) is 5.73 Å². The Morgan fingerprint density at radius 3 is 3.05 bits per heavy atom. The van der Waals surface area contributed by atoms with Crippen LogP contribution >= 0.6 is 0 Å². The number of hydrogen-bond donors (Lipinski definition) is 2. The highest BCUT2D eigenvalue weighted by molar-refractivity contribution is 5.75. The van der Waals surface area contributed by atoms with Crippen LogP contribution in [0.4, 0.5) is 5.69 Å². The largest absolute Gasteiger partial charge is 0.399 e. The van der Waals surface area contributed by atoms with Gasteiger partial charge in [0.1, 0.15) is 5.82 Å². The van der Waals surface area contributed by atoms with Crippen molar-refractivity contribution < 1.29 is 4.79 Å². The lowest BCUT2D eigenvalue weighted by Crippen LogP contribution is -2.23. The first-order valence-electron chi connectivity index (χ1n) is 6.34. The summed E-state index contributed by atoms with van der Waals surface area (Å²) >= 11 is 0. The van der Waals surface area contributed by atoms with Crippen molar-refractivity contribution in [2.45, 2.75) is 19.9 Å². The zero-order valence-electron chi connectivity index (χ0n) is 11.0. The number of nitrogens with one attached hydrogen (secondary N) is 1. The standard InChI is InChI=1S/C14H18N4O/c1-2-16-13(19)6-8-18-9-7-17-14(18)11-4-3-5-12(15)10-11/h3-5,7,9-10H,2,6,8,15H2,1H3,(H,16,19). The highest BCUT2D eigenvalue weighted by atomic mass is 16.1. The first-order valence-corrected chi connectivity index (χ1v) is 6.34. The number of amides is 1. The number of benzene rings is 1. The molecule has 0 radical (unpaired) electrons. The lowest BCUT2D eigenvalue weighted by molar-refractivity contribution is -0.121. The van der Waals surface area contributed by atoms with Gasteiger partial charge >= 0.3 is 0 Å². The molecule has 100 valence electrons. The number of aromatic nitrogens is 2. The molecular formula is C14H18N4O. The van der Waals surface area contributed by atoms with Gasteiger partial charge in [-0.25, -0.2) is 4.98 Å². The molecule has 0 aliphatic rings. The maximum Gasteiger partial charge on any atom is 0.221 e. The zero-order chi connectivity index (χ0) is 13.7. The van der Waals surface area contributed by atoms with Crippen molar-refractivity contribution in [1.82, 2.24) is 14.9 Å². The van der Waals surface area contributed by atoms with Gasteiger partial charge in [-0.05, 0) is 19.1 Å². The maximum absolute atomic E-state index is 11.5. The molecule has 1 heterocycles. The topological polar surface area (TPSA) is 72.9 Å². The van der Waals surface area contributed by atoms with Crippen LogP contribution in [0.1, 0.15) is 13.3 Å². The minimum absolute atomic E-state index is 0.0507. The fraction of sp³-hybridized carbons (Fsp3) is 0.286. The van der Waals surface area contributed by atoms with E-state index < -0.39 is 0 Å². The molecule has 0 bridgehead atoms. The average Bonchev–Trinajstić information content (AvgIpc) is 2.85. The van der Waals surface area contributed by atoms with Crippen molar-refractivity contribution in [3.63, 3.8) is 0 Å². The maximum atomic E-state index is 11.5. The van der Waals surface area contributed by atoms with E-state index >= 15 is 0 Å². The summed E-state index contributed by atoms with van der Waals surface area (Å²) in [6.45, 7) is 3.17. The highest BCUT2D eigenvalue weighted by Crippen LogP contribution is 2.19. The second-order valence-electron chi connectivity index (χ2n) is 4.27. The third-order valence-electron chi connectivity index (χ3n) is 2.81. The number of nitrogens with zero attached hydrogens (tertiary/aromatic N) is 2. The summed E-state index contributed by atoms with van der Waals surface area (Å²) in [5.41, 5.74) is 7.44. The van der Waals surface area contributed by atoms with Crippen LogP contribution < -0.4 is 11.1 Å². The summed E-state index contributed by atoms with van der Waals surface area (Å²) in [5.74, 6) is 0.881. The van der Waals surface area contributed by atoms with E-state index in [0.29, 0.717) is 25.2 Å². The molecule has 0 aliphatic carbocycles. The van der Waals surface area contributed by atoms with E-state index in [1.807, 2.05) is 42.0 Å². The Morgan fingerprint density at radius 1 is 1.47 bits per heavy atom. The van der Waals surface area contributed by atoms with Gasteiger partial charge in [-0.3, -0.25) is 4.79 Å². The van der Waals surface area contributed by atoms with Gasteiger partial charge in [0.2, 0.25) is 5.91 Å². The van der Waals surface area contributed by atoms with Gasteiger partial charge in [0.15, 0.2) is 0 Å². The fourth-order valence-corrected chi connectivity index (χ4v) is 1.94. The summed E-state index contributed by atoms with van der Waals surface area (Å²) in [5, 5.41) is 2.78. The Bertz CT molecular complexity index is 562. The van der Waals surface area contributed by atoms with Crippen LogP contribution in [0.5, 0.6) is 0 Å². The van der Waals surface area contributed by atoms with Crippen molar-refractivity contribution in [3.8, 4) is 11.4 Å². The van der Waals surface area contributed by atoms with Crippen LogP contribution in [0.15, 0.2) is 36.7 Å². The van der Waals surface area contributed by atoms with E-state index in [0.717, 1.165) is 11.4 Å². The van der Waals surface area contributed by atoms with E-state index in [2.05, 4.69) is 10.3 Å². The second-order valence-corrected chi connectivity index (χ2v) is 4.27. The van der Waals surface area contributed by atoms with Crippen LogP contribution in [-0.2, 0) is 11.3 Å². The number of rotatable bonds is 5. The molecule has 5 heteroatoms. The summed E-state index contributed by atoms with van der Waals surface area (Å²) in [7, 11) is 0. The average molecular weight is 258 g/mol. The summed E-state index contributed by atoms with van der Waals surface area (Å²) in [6.07, 6.45) is 4.05. The molecule has 1 amide bonds. The molecule has 3 N–H and O–H groups in total. The van der Waals surface area contributed by atoms with Gasteiger partial charge in [-0.2, -0.15) is 0 Å². The minimum Gasteiger partial charge on any atom is -0.399 e. The second kappa shape index (κ2) is 6.04. The van der Waals surface area contributed by atoms with Crippen molar-refractivity contribution >= 4 is 11.6 Å². The molecule has 0 fully saturated rings. The molecular weight excluding hydrogens is 240 g/mol. The quantitative estimate of drug-likeness (QED) is 0.801. The van der Waals surface area contributed by atoms with E-state index in [1.54, 1.807) is 6.20 Å². The number of carbonyl (C=O) groups excluding carboxylic acids is 1. The third-order valence-corrected chi connectivity index (χ3v) is 2.81. The Labute approximate surface area is 112 Å². The van der Waals surface area contributed by atoms with Gasteiger partial charge in [0, 0.05) is 43.2 Å². The Hall–Kier alpha value is -2.30. The Kier molecular flexibility index (Phi) is 4.18. The van der Waals surface area contributed by atoms with Crippen LogP contribution in [0, 0.1) is 0 Å². The molecule has 2 rings (SSSR count). The number of hydrogen-bond acceptors (Lipinski definition) is 3. The molecule has 0 atom stereocenters. The van der Waals surface area contributed by atoms with E-state index in [1.165, 1.54) is 0 Å². The summed E-state index contributed by atoms with van der Waals surface area (Å²) in [4.78, 5) is 15.8. The number of aryl methyl sites for hydroxylation is 1. The molecule has 2 aromatic rings. The van der Waals surface area contributed by atoms with Gasteiger partial charge in [0.25, 0.3) is 0 Å². The summed E-state index contributed by atoms with van der Waals surface area (Å²) in [6, 6.07) is 7.57. The number of nitrogen functional groups attached to an aromatic ring is 1.